The first kappa shape index (κ1) is 14.9. The molecule has 0 aromatic carbocycles. The van der Waals surface area contributed by atoms with Gasteiger partial charge in [-0.1, -0.05) is 18.7 Å². The minimum absolute atomic E-state index is 0.586. The van der Waals surface area contributed by atoms with Crippen LogP contribution in [0, 0.1) is 0 Å². The van der Waals surface area contributed by atoms with E-state index in [9.17, 15) is 0 Å². The summed E-state index contributed by atoms with van der Waals surface area (Å²) in [5, 5.41) is 13.9. The number of rotatable bonds is 7. The minimum Gasteiger partial charge on any atom is -0.476 e. The van der Waals surface area contributed by atoms with Crippen molar-refractivity contribution in [3.8, 4) is 17.3 Å². The Morgan fingerprint density at radius 1 is 1.25 bits per heavy atom. The molecular formula is C13H21N5OS. The number of nitrogens with zero attached hydrogens (tertiary/aromatic N) is 5. The minimum atomic E-state index is 0.586. The molecule has 0 spiro atoms. The average molecular weight is 295 g/mol. The van der Waals surface area contributed by atoms with Crippen molar-refractivity contribution in [1.82, 2.24) is 24.5 Å². The van der Waals surface area contributed by atoms with E-state index in [4.69, 9.17) is 4.74 Å². The van der Waals surface area contributed by atoms with Crippen LogP contribution < -0.4 is 4.74 Å². The largest absolute Gasteiger partial charge is 0.476 e. The lowest BCUT2D eigenvalue weighted by Crippen LogP contribution is -1.98. The second-order valence-electron chi connectivity index (χ2n) is 4.35. The molecule has 0 atom stereocenters. The molecule has 0 amide bonds. The summed E-state index contributed by atoms with van der Waals surface area (Å²) in [6.45, 7) is 7.54. The van der Waals surface area contributed by atoms with Crippen LogP contribution in [0.25, 0.3) is 11.4 Å². The van der Waals surface area contributed by atoms with Crippen molar-refractivity contribution in [3.05, 3.63) is 6.20 Å². The van der Waals surface area contributed by atoms with E-state index in [0.29, 0.717) is 12.5 Å². The fraction of sp³-hybridized carbons (Fsp3) is 0.615. The predicted octanol–water partition coefficient (Wildman–Crippen LogP) is 2.60. The third-order valence-corrected chi connectivity index (χ3v) is 4.07. The van der Waals surface area contributed by atoms with Crippen LogP contribution in [0.5, 0.6) is 5.88 Å². The zero-order chi connectivity index (χ0) is 14.5. The molecule has 2 aromatic rings. The lowest BCUT2D eigenvalue weighted by molar-refractivity contribution is 0.322. The third-order valence-electron chi connectivity index (χ3n) is 2.84. The van der Waals surface area contributed by atoms with E-state index >= 15 is 0 Å². The van der Waals surface area contributed by atoms with Crippen molar-refractivity contribution in [1.29, 1.82) is 0 Å². The molecule has 0 saturated carbocycles. The van der Waals surface area contributed by atoms with Crippen LogP contribution in [-0.4, -0.2) is 36.9 Å². The molecule has 0 aliphatic heterocycles. The maximum absolute atomic E-state index is 5.60. The van der Waals surface area contributed by atoms with Gasteiger partial charge in [-0.3, -0.25) is 4.68 Å². The lowest BCUT2D eigenvalue weighted by atomic mass is 10.3. The third kappa shape index (κ3) is 2.98. The summed E-state index contributed by atoms with van der Waals surface area (Å²) in [7, 11) is 1.98. The van der Waals surface area contributed by atoms with Gasteiger partial charge in [0.15, 0.2) is 11.0 Å². The summed E-state index contributed by atoms with van der Waals surface area (Å²) in [4.78, 5) is 0. The Kier molecular flexibility index (Phi) is 5.05. The van der Waals surface area contributed by atoms with Crippen molar-refractivity contribution in [2.45, 2.75) is 38.9 Å². The molecule has 0 unspecified atom stereocenters. The number of aromatic nitrogens is 5. The zero-order valence-electron chi connectivity index (χ0n) is 12.5. The second kappa shape index (κ2) is 6.78. The number of hydrogen-bond acceptors (Lipinski definition) is 5. The smallest absolute Gasteiger partial charge is 0.243 e. The molecule has 2 heterocycles. The van der Waals surface area contributed by atoms with Crippen molar-refractivity contribution >= 4 is 11.8 Å². The van der Waals surface area contributed by atoms with E-state index < -0.39 is 0 Å². The molecule has 0 aliphatic rings. The summed E-state index contributed by atoms with van der Waals surface area (Å²) in [6.07, 6.45) is 3.08. The van der Waals surface area contributed by atoms with Crippen molar-refractivity contribution in [2.24, 2.45) is 7.05 Å². The van der Waals surface area contributed by atoms with Crippen molar-refractivity contribution in [2.75, 3.05) is 12.4 Å². The number of aryl methyl sites for hydroxylation is 1. The first-order chi connectivity index (χ1) is 9.71. The summed E-state index contributed by atoms with van der Waals surface area (Å²) < 4.78 is 9.45. The van der Waals surface area contributed by atoms with E-state index in [1.54, 1.807) is 11.8 Å². The summed E-state index contributed by atoms with van der Waals surface area (Å²) >= 11 is 1.72. The Morgan fingerprint density at radius 3 is 2.70 bits per heavy atom. The fourth-order valence-electron chi connectivity index (χ4n) is 1.83. The molecule has 0 radical (unpaired) electrons. The first-order valence-corrected chi connectivity index (χ1v) is 7.92. The van der Waals surface area contributed by atoms with Gasteiger partial charge in [0, 0.05) is 25.5 Å². The number of ether oxygens (including phenoxy) is 1. The van der Waals surface area contributed by atoms with Gasteiger partial charge < -0.3 is 9.30 Å². The SMILES string of the molecule is CCCSc1nnc(-c2cn(CC)nc2OCC)n1C. The van der Waals surface area contributed by atoms with Gasteiger partial charge in [-0.25, -0.2) is 0 Å². The molecular weight excluding hydrogens is 274 g/mol. The van der Waals surface area contributed by atoms with Crippen LogP contribution >= 0.6 is 11.8 Å². The average Bonchev–Trinajstić information content (AvgIpc) is 3.01. The van der Waals surface area contributed by atoms with Gasteiger partial charge in [-0.05, 0) is 20.3 Å². The molecule has 0 N–H and O–H groups in total. The summed E-state index contributed by atoms with van der Waals surface area (Å²) in [6, 6.07) is 0. The molecule has 0 bridgehead atoms. The highest BCUT2D eigenvalue weighted by Crippen LogP contribution is 2.29. The molecule has 20 heavy (non-hydrogen) atoms. The number of thioether (sulfide) groups is 1. The molecule has 2 aromatic heterocycles. The highest BCUT2D eigenvalue weighted by molar-refractivity contribution is 7.99. The first-order valence-electron chi connectivity index (χ1n) is 6.94. The molecule has 0 saturated heterocycles. The van der Waals surface area contributed by atoms with E-state index in [-0.39, 0.29) is 0 Å². The lowest BCUT2D eigenvalue weighted by Gasteiger charge is -2.03. The molecule has 7 heteroatoms. The quantitative estimate of drug-likeness (QED) is 0.735. The Balaban J connectivity index is 2.35. The van der Waals surface area contributed by atoms with E-state index in [0.717, 1.165) is 35.3 Å². The van der Waals surface area contributed by atoms with Gasteiger partial charge in [0.1, 0.15) is 5.56 Å². The molecule has 110 valence electrons. The van der Waals surface area contributed by atoms with Gasteiger partial charge in [0.2, 0.25) is 5.88 Å². The van der Waals surface area contributed by atoms with E-state index in [1.165, 1.54) is 0 Å². The molecule has 2 rings (SSSR count). The Bertz CT molecular complexity index is 563. The van der Waals surface area contributed by atoms with Gasteiger partial charge in [-0.2, -0.15) is 0 Å². The topological polar surface area (TPSA) is 57.8 Å². The van der Waals surface area contributed by atoms with Gasteiger partial charge in [0.25, 0.3) is 0 Å². The van der Waals surface area contributed by atoms with Crippen molar-refractivity contribution in [3.63, 3.8) is 0 Å². The maximum atomic E-state index is 5.60. The standard InChI is InChI=1S/C13H21N5OS/c1-5-8-20-13-15-14-11(17(13)4)10-9-18(6-2)16-12(10)19-7-3/h9H,5-8H2,1-4H3. The van der Waals surface area contributed by atoms with Crippen LogP contribution in [0.4, 0.5) is 0 Å². The normalized spacial score (nSPS) is 11.0. The van der Waals surface area contributed by atoms with E-state index in [2.05, 4.69) is 22.2 Å². The highest BCUT2D eigenvalue weighted by Gasteiger charge is 2.18. The molecule has 0 fully saturated rings. The van der Waals surface area contributed by atoms with Crippen LogP contribution in [0.3, 0.4) is 0 Å². The van der Waals surface area contributed by atoms with Gasteiger partial charge >= 0.3 is 0 Å². The summed E-state index contributed by atoms with van der Waals surface area (Å²) in [5.74, 6) is 2.46. The van der Waals surface area contributed by atoms with Crippen LogP contribution in [0.2, 0.25) is 0 Å². The summed E-state index contributed by atoms with van der Waals surface area (Å²) in [5.41, 5.74) is 0.895. The second-order valence-corrected chi connectivity index (χ2v) is 5.41. The Morgan fingerprint density at radius 2 is 2.05 bits per heavy atom. The maximum Gasteiger partial charge on any atom is 0.243 e. The number of hydrogen-bond donors (Lipinski definition) is 0. The Hall–Kier alpha value is -1.50. The zero-order valence-corrected chi connectivity index (χ0v) is 13.3. The Labute approximate surface area is 123 Å². The van der Waals surface area contributed by atoms with E-state index in [1.807, 2.05) is 36.3 Å². The van der Waals surface area contributed by atoms with Gasteiger partial charge in [0.05, 0.1) is 6.61 Å². The molecule has 0 aliphatic carbocycles. The van der Waals surface area contributed by atoms with Crippen LogP contribution in [0.15, 0.2) is 11.4 Å². The monoisotopic (exact) mass is 295 g/mol. The van der Waals surface area contributed by atoms with Crippen LogP contribution in [0.1, 0.15) is 27.2 Å². The molecule has 6 nitrogen and oxygen atoms in total. The fourth-order valence-corrected chi connectivity index (χ4v) is 2.60. The van der Waals surface area contributed by atoms with Crippen molar-refractivity contribution < 1.29 is 4.74 Å². The highest BCUT2D eigenvalue weighted by atomic mass is 32.2. The van der Waals surface area contributed by atoms with Crippen LogP contribution in [-0.2, 0) is 13.6 Å². The predicted molar refractivity (Wildman–Crippen MR) is 80.1 cm³/mol. The van der Waals surface area contributed by atoms with Gasteiger partial charge in [-0.15, -0.1) is 15.3 Å².